The third-order valence-electron chi connectivity index (χ3n) is 7.10. The maximum absolute atomic E-state index is 5.21. The average Bonchev–Trinajstić information content (AvgIpc) is 3.01. The molecule has 2 heteroatoms. The van der Waals surface area contributed by atoms with Gasteiger partial charge in [-0.2, -0.15) is 0 Å². The average molecular weight is 485 g/mol. The van der Waals surface area contributed by atoms with Crippen molar-refractivity contribution in [2.75, 3.05) is 0 Å². The first-order valence-corrected chi connectivity index (χ1v) is 12.9. The molecule has 2 nitrogen and oxygen atoms in total. The maximum atomic E-state index is 5.21. The molecular formula is C36H24N2. The van der Waals surface area contributed by atoms with Crippen LogP contribution in [0.3, 0.4) is 0 Å². The number of pyridine rings is 2. The fraction of sp³-hybridized carbons (Fsp3) is 0. The van der Waals surface area contributed by atoms with Crippen LogP contribution in [0.25, 0.3) is 66.6 Å². The number of fused-ring (bicyclic) bond motifs is 3. The van der Waals surface area contributed by atoms with Crippen molar-refractivity contribution in [1.82, 2.24) is 9.97 Å². The Morgan fingerprint density at radius 3 is 1.05 bits per heavy atom. The van der Waals surface area contributed by atoms with Crippen LogP contribution in [0.1, 0.15) is 0 Å². The van der Waals surface area contributed by atoms with Gasteiger partial charge in [0.2, 0.25) is 0 Å². The summed E-state index contributed by atoms with van der Waals surface area (Å²) in [5, 5.41) is 2.17. The summed E-state index contributed by atoms with van der Waals surface area (Å²) in [5.74, 6) is 0. The van der Waals surface area contributed by atoms with Crippen molar-refractivity contribution in [3.8, 4) is 44.8 Å². The summed E-state index contributed by atoms with van der Waals surface area (Å²) in [7, 11) is 0. The largest absolute Gasteiger partial charge is 0.245 e. The van der Waals surface area contributed by atoms with Gasteiger partial charge in [-0.15, -0.1) is 0 Å². The Balaban J connectivity index is 1.42. The second-order valence-electron chi connectivity index (χ2n) is 9.43. The van der Waals surface area contributed by atoms with Crippen LogP contribution < -0.4 is 0 Å². The van der Waals surface area contributed by atoms with E-state index in [9.17, 15) is 0 Å². The summed E-state index contributed by atoms with van der Waals surface area (Å²) in [6.07, 6.45) is 0. The highest BCUT2D eigenvalue weighted by Gasteiger charge is 2.13. The SMILES string of the molecule is c1ccc(-c2ccccc2-c2ccc3ccc4ccc(-c5ccccc5-c5ccccc5)nc4c3n2)cc1. The van der Waals surface area contributed by atoms with Crippen molar-refractivity contribution in [2.45, 2.75) is 0 Å². The zero-order valence-electron chi connectivity index (χ0n) is 20.8. The number of hydrogen-bond donors (Lipinski definition) is 0. The van der Waals surface area contributed by atoms with E-state index in [1.807, 2.05) is 12.1 Å². The lowest BCUT2D eigenvalue weighted by Gasteiger charge is -2.12. The lowest BCUT2D eigenvalue weighted by Crippen LogP contribution is -1.93. The number of rotatable bonds is 4. The van der Waals surface area contributed by atoms with Gasteiger partial charge in [-0.25, -0.2) is 9.97 Å². The summed E-state index contributed by atoms with van der Waals surface area (Å²) in [6.45, 7) is 0. The van der Waals surface area contributed by atoms with E-state index in [1.54, 1.807) is 0 Å². The van der Waals surface area contributed by atoms with E-state index < -0.39 is 0 Å². The minimum atomic E-state index is 0.918. The molecule has 0 fully saturated rings. The number of aromatic nitrogens is 2. The molecule has 0 radical (unpaired) electrons. The van der Waals surface area contributed by atoms with Crippen molar-refractivity contribution >= 4 is 21.8 Å². The Morgan fingerprint density at radius 2 is 0.632 bits per heavy atom. The maximum Gasteiger partial charge on any atom is 0.0972 e. The van der Waals surface area contributed by atoms with Crippen molar-refractivity contribution in [3.63, 3.8) is 0 Å². The van der Waals surface area contributed by atoms with Gasteiger partial charge in [-0.3, -0.25) is 0 Å². The third-order valence-corrected chi connectivity index (χ3v) is 7.10. The van der Waals surface area contributed by atoms with E-state index in [-0.39, 0.29) is 0 Å². The number of hydrogen-bond acceptors (Lipinski definition) is 2. The molecule has 0 saturated carbocycles. The molecule has 0 aliphatic heterocycles. The summed E-state index contributed by atoms with van der Waals surface area (Å²) in [4.78, 5) is 10.4. The van der Waals surface area contributed by atoms with Crippen LogP contribution in [0.5, 0.6) is 0 Å². The van der Waals surface area contributed by atoms with Crippen LogP contribution in [0.15, 0.2) is 146 Å². The number of nitrogens with zero attached hydrogens (tertiary/aromatic N) is 2. The Hall–Kier alpha value is -5.08. The predicted molar refractivity (Wildman–Crippen MR) is 159 cm³/mol. The summed E-state index contributed by atoms with van der Waals surface area (Å²) >= 11 is 0. The lowest BCUT2D eigenvalue weighted by atomic mass is 9.96. The van der Waals surface area contributed by atoms with Gasteiger partial charge in [0.15, 0.2) is 0 Å². The molecule has 0 aliphatic rings. The monoisotopic (exact) mass is 484 g/mol. The Bertz CT molecular complexity index is 1770. The molecule has 178 valence electrons. The van der Waals surface area contributed by atoms with Crippen molar-refractivity contribution < 1.29 is 0 Å². The van der Waals surface area contributed by atoms with E-state index >= 15 is 0 Å². The molecule has 0 aliphatic carbocycles. The van der Waals surface area contributed by atoms with E-state index in [1.165, 1.54) is 22.3 Å². The van der Waals surface area contributed by atoms with E-state index in [0.717, 1.165) is 44.3 Å². The summed E-state index contributed by atoms with van der Waals surface area (Å²) < 4.78 is 0. The molecule has 0 atom stereocenters. The Morgan fingerprint density at radius 1 is 0.289 bits per heavy atom. The first-order chi connectivity index (χ1) is 18.8. The summed E-state index contributed by atoms with van der Waals surface area (Å²) in [6, 6.07) is 50.7. The van der Waals surface area contributed by atoms with Gasteiger partial charge in [0.1, 0.15) is 0 Å². The molecule has 7 aromatic rings. The number of benzene rings is 5. The smallest absolute Gasteiger partial charge is 0.0972 e. The normalized spacial score (nSPS) is 11.2. The molecule has 0 unspecified atom stereocenters. The van der Waals surface area contributed by atoms with E-state index in [2.05, 4.69) is 133 Å². The molecule has 7 rings (SSSR count). The van der Waals surface area contributed by atoms with Crippen LogP contribution in [-0.4, -0.2) is 9.97 Å². The molecule has 2 heterocycles. The van der Waals surface area contributed by atoms with Gasteiger partial charge in [-0.05, 0) is 34.4 Å². The lowest BCUT2D eigenvalue weighted by molar-refractivity contribution is 1.36. The second kappa shape index (κ2) is 9.42. The van der Waals surface area contributed by atoms with Gasteiger partial charge in [0.25, 0.3) is 0 Å². The van der Waals surface area contributed by atoms with Crippen molar-refractivity contribution in [2.24, 2.45) is 0 Å². The molecule has 38 heavy (non-hydrogen) atoms. The van der Waals surface area contributed by atoms with Gasteiger partial charge in [-0.1, -0.05) is 133 Å². The van der Waals surface area contributed by atoms with Gasteiger partial charge < -0.3 is 0 Å². The first kappa shape index (κ1) is 22.1. The minimum absolute atomic E-state index is 0.918. The molecule has 0 saturated heterocycles. The van der Waals surface area contributed by atoms with Crippen LogP contribution in [-0.2, 0) is 0 Å². The quantitative estimate of drug-likeness (QED) is 0.233. The zero-order chi connectivity index (χ0) is 25.3. The van der Waals surface area contributed by atoms with Crippen molar-refractivity contribution in [3.05, 3.63) is 146 Å². The van der Waals surface area contributed by atoms with Crippen LogP contribution >= 0.6 is 0 Å². The van der Waals surface area contributed by atoms with Crippen LogP contribution in [0, 0.1) is 0 Å². The highest BCUT2D eigenvalue weighted by Crippen LogP contribution is 2.35. The topological polar surface area (TPSA) is 25.8 Å². The minimum Gasteiger partial charge on any atom is -0.245 e. The molecular weight excluding hydrogens is 460 g/mol. The molecule has 5 aromatic carbocycles. The molecule has 0 bridgehead atoms. The molecule has 2 aromatic heterocycles. The first-order valence-electron chi connectivity index (χ1n) is 12.9. The van der Waals surface area contributed by atoms with Crippen LogP contribution in [0.4, 0.5) is 0 Å². The molecule has 0 amide bonds. The fourth-order valence-corrected chi connectivity index (χ4v) is 5.22. The van der Waals surface area contributed by atoms with Gasteiger partial charge in [0.05, 0.1) is 22.4 Å². The van der Waals surface area contributed by atoms with Crippen LogP contribution in [0.2, 0.25) is 0 Å². The highest BCUT2D eigenvalue weighted by molar-refractivity contribution is 6.04. The second-order valence-corrected chi connectivity index (χ2v) is 9.43. The Kier molecular flexibility index (Phi) is 5.49. The zero-order valence-corrected chi connectivity index (χ0v) is 20.8. The molecule has 0 spiro atoms. The van der Waals surface area contributed by atoms with E-state index in [0.29, 0.717) is 0 Å². The highest BCUT2D eigenvalue weighted by atomic mass is 14.8. The van der Waals surface area contributed by atoms with E-state index in [4.69, 9.17) is 9.97 Å². The fourth-order valence-electron chi connectivity index (χ4n) is 5.22. The van der Waals surface area contributed by atoms with Gasteiger partial charge in [0, 0.05) is 21.9 Å². The van der Waals surface area contributed by atoms with Gasteiger partial charge >= 0.3 is 0 Å². The molecule has 0 N–H and O–H groups in total. The predicted octanol–water partition coefficient (Wildman–Crippen LogP) is 9.45. The van der Waals surface area contributed by atoms with Crippen molar-refractivity contribution in [1.29, 1.82) is 0 Å². The Labute approximate surface area is 221 Å². The summed E-state index contributed by atoms with van der Waals surface area (Å²) in [5.41, 5.74) is 10.7. The third kappa shape index (κ3) is 3.93. The standard InChI is InChI=1S/C36H24N2/c1-3-11-25(12-4-1)29-15-7-9-17-31(29)33-23-21-27-19-20-28-22-24-34(38-36(28)35(27)37-33)32-18-10-8-16-30(32)26-13-5-2-6-14-26/h1-24H.